The van der Waals surface area contributed by atoms with Crippen molar-refractivity contribution in [3.63, 3.8) is 0 Å². The van der Waals surface area contributed by atoms with Gasteiger partial charge in [0.05, 0.1) is 0 Å². The number of hydrogen-bond acceptors (Lipinski definition) is 1. The maximum atomic E-state index is 13.3. The molecule has 2 aliphatic carbocycles. The van der Waals surface area contributed by atoms with E-state index in [9.17, 15) is 39.5 Å². The third-order valence-corrected chi connectivity index (χ3v) is 2.97. The molecule has 2 rings (SSSR count). The third-order valence-electron chi connectivity index (χ3n) is 2.97. The molecule has 0 saturated heterocycles. The summed E-state index contributed by atoms with van der Waals surface area (Å²) in [5.74, 6) is -25.1. The first kappa shape index (κ1) is 12.5. The van der Waals surface area contributed by atoms with Gasteiger partial charge in [0, 0.05) is 0 Å². The van der Waals surface area contributed by atoms with Gasteiger partial charge in [-0.2, -0.15) is 17.6 Å². The molecule has 1 N–H and O–H groups in total. The van der Waals surface area contributed by atoms with Crippen molar-refractivity contribution >= 4 is 0 Å². The number of halogens is 9. The summed E-state index contributed by atoms with van der Waals surface area (Å²) in [4.78, 5) is 0. The average molecular weight is 272 g/mol. The molecule has 0 aromatic rings. The molecule has 3 unspecified atom stereocenters. The van der Waals surface area contributed by atoms with Crippen LogP contribution in [0.25, 0.3) is 0 Å². The van der Waals surface area contributed by atoms with Crippen LogP contribution in [-0.4, -0.2) is 34.1 Å². The lowest BCUT2D eigenvalue weighted by atomic mass is 9.92. The van der Waals surface area contributed by atoms with Crippen molar-refractivity contribution in [2.45, 2.75) is 29.0 Å². The Morgan fingerprint density at radius 3 is 1.29 bits per heavy atom. The Labute approximate surface area is 86.5 Å². The van der Waals surface area contributed by atoms with Crippen LogP contribution in [0.4, 0.5) is 39.5 Å². The van der Waals surface area contributed by atoms with Gasteiger partial charge in [-0.3, -0.25) is 0 Å². The van der Waals surface area contributed by atoms with E-state index in [0.29, 0.717) is 0 Å². The van der Waals surface area contributed by atoms with Gasteiger partial charge in [-0.25, -0.2) is 22.0 Å². The molecule has 0 heterocycles. The Hall–Kier alpha value is -0.930. The summed E-state index contributed by atoms with van der Waals surface area (Å²) in [7, 11) is 0. The summed E-state index contributed by atoms with van der Waals surface area (Å²) >= 11 is 0. The topological polar surface area (TPSA) is 20.2 Å². The van der Waals surface area contributed by atoms with Crippen molar-refractivity contribution in [1.29, 1.82) is 0 Å². The summed E-state index contributed by atoms with van der Waals surface area (Å²) < 4.78 is 116. The van der Waals surface area contributed by atoms with Crippen LogP contribution in [-0.2, 0) is 0 Å². The van der Waals surface area contributed by atoms with Crippen LogP contribution in [0.2, 0.25) is 0 Å². The summed E-state index contributed by atoms with van der Waals surface area (Å²) in [6.07, 6.45) is 0. The monoisotopic (exact) mass is 272 g/mol. The van der Waals surface area contributed by atoms with Gasteiger partial charge in [-0.1, -0.05) is 0 Å². The summed E-state index contributed by atoms with van der Waals surface area (Å²) in [6.45, 7) is 0. The van der Waals surface area contributed by atoms with Crippen LogP contribution in [0.15, 0.2) is 11.7 Å². The van der Waals surface area contributed by atoms with E-state index < -0.39 is 40.7 Å². The minimum Gasteiger partial charge on any atom is -0.354 e. The molecule has 2 bridgehead atoms. The van der Waals surface area contributed by atoms with Gasteiger partial charge in [0.15, 0.2) is 11.7 Å². The standard InChI is InChI=1S/C7HF9O/c8-1-2(9)4(11)5(12,13)3(1,10)6(14,15)7(4,16)17/h17H. The van der Waals surface area contributed by atoms with Crippen LogP contribution >= 0.6 is 0 Å². The smallest absolute Gasteiger partial charge is 0.354 e. The van der Waals surface area contributed by atoms with Crippen molar-refractivity contribution in [2.24, 2.45) is 0 Å². The van der Waals surface area contributed by atoms with E-state index in [2.05, 4.69) is 0 Å². The zero-order valence-electron chi connectivity index (χ0n) is 7.35. The van der Waals surface area contributed by atoms with Crippen molar-refractivity contribution in [2.75, 3.05) is 0 Å². The lowest BCUT2D eigenvalue weighted by molar-refractivity contribution is -0.303. The van der Waals surface area contributed by atoms with Gasteiger partial charge < -0.3 is 5.11 Å². The quantitative estimate of drug-likeness (QED) is 0.672. The highest BCUT2D eigenvalue weighted by Crippen LogP contribution is 2.76. The molecule has 1 nitrogen and oxygen atoms in total. The highest BCUT2D eigenvalue weighted by atomic mass is 19.3. The first-order valence-corrected chi connectivity index (χ1v) is 3.92. The van der Waals surface area contributed by atoms with E-state index in [1.54, 1.807) is 0 Å². The second-order valence-electron chi connectivity index (χ2n) is 3.72. The van der Waals surface area contributed by atoms with Crippen LogP contribution in [0.5, 0.6) is 0 Å². The van der Waals surface area contributed by atoms with Gasteiger partial charge in [0.1, 0.15) is 0 Å². The van der Waals surface area contributed by atoms with Crippen molar-refractivity contribution in [3.05, 3.63) is 11.7 Å². The van der Waals surface area contributed by atoms with Crippen LogP contribution < -0.4 is 0 Å². The van der Waals surface area contributed by atoms with Crippen LogP contribution in [0.3, 0.4) is 0 Å². The minimum absolute atomic E-state index is 3.42. The van der Waals surface area contributed by atoms with Crippen LogP contribution in [0, 0.1) is 0 Å². The normalized spacial score (nSPS) is 51.2. The SMILES string of the molecule is OC1(F)C(F)(F)C2(F)C(F)=C(F)C1(F)C2(F)F. The Morgan fingerprint density at radius 1 is 0.647 bits per heavy atom. The van der Waals surface area contributed by atoms with Crippen molar-refractivity contribution < 1.29 is 44.6 Å². The van der Waals surface area contributed by atoms with Crippen molar-refractivity contribution in [1.82, 2.24) is 0 Å². The largest absolute Gasteiger partial charge is 0.355 e. The van der Waals surface area contributed by atoms with Gasteiger partial charge in [0.25, 0.3) is 11.3 Å². The molecule has 1 saturated carbocycles. The van der Waals surface area contributed by atoms with E-state index >= 15 is 0 Å². The van der Waals surface area contributed by atoms with Crippen molar-refractivity contribution in [3.8, 4) is 0 Å². The number of hydrogen-bond donors (Lipinski definition) is 1. The van der Waals surface area contributed by atoms with E-state index in [-0.39, 0.29) is 0 Å². The number of allylic oxidation sites excluding steroid dienone is 1. The molecule has 98 valence electrons. The molecule has 0 amide bonds. The average Bonchev–Trinajstić information content (AvgIpc) is 2.33. The highest BCUT2D eigenvalue weighted by Gasteiger charge is 3.04. The summed E-state index contributed by atoms with van der Waals surface area (Å²) in [6, 6.07) is 0. The predicted molar refractivity (Wildman–Crippen MR) is 32.9 cm³/mol. The molecule has 0 radical (unpaired) electrons. The molecule has 10 heteroatoms. The molecule has 1 fully saturated rings. The van der Waals surface area contributed by atoms with Crippen LogP contribution in [0.1, 0.15) is 0 Å². The lowest BCUT2D eigenvalue weighted by Crippen LogP contribution is -2.60. The first-order chi connectivity index (χ1) is 7.32. The number of fused-ring (bicyclic) bond motifs is 2. The molecular weight excluding hydrogens is 271 g/mol. The highest BCUT2D eigenvalue weighted by molar-refractivity contribution is 5.52. The van der Waals surface area contributed by atoms with Gasteiger partial charge in [-0.15, -0.1) is 0 Å². The van der Waals surface area contributed by atoms with Gasteiger partial charge in [-0.05, 0) is 0 Å². The lowest BCUT2D eigenvalue weighted by Gasteiger charge is -2.33. The number of aliphatic hydroxyl groups is 1. The molecule has 3 atom stereocenters. The fraction of sp³-hybridized carbons (Fsp3) is 0.714. The minimum atomic E-state index is -6.18. The third kappa shape index (κ3) is 0.713. The summed E-state index contributed by atoms with van der Waals surface area (Å²) in [5, 5.41) is 8.31. The molecule has 2 aliphatic rings. The number of rotatable bonds is 0. The first-order valence-electron chi connectivity index (χ1n) is 3.92. The molecule has 0 aliphatic heterocycles. The molecule has 0 aromatic heterocycles. The Kier molecular flexibility index (Phi) is 1.79. The van der Waals surface area contributed by atoms with E-state index in [1.807, 2.05) is 0 Å². The Morgan fingerprint density at radius 2 is 1.00 bits per heavy atom. The van der Waals surface area contributed by atoms with Gasteiger partial charge >= 0.3 is 17.7 Å². The maximum Gasteiger partial charge on any atom is 0.355 e. The zero-order valence-corrected chi connectivity index (χ0v) is 7.35. The molecular formula is C7HF9O. The van der Waals surface area contributed by atoms with E-state index in [4.69, 9.17) is 5.11 Å². The Balaban J connectivity index is 2.93. The fourth-order valence-electron chi connectivity index (χ4n) is 1.95. The molecule has 17 heavy (non-hydrogen) atoms. The zero-order chi connectivity index (χ0) is 13.7. The van der Waals surface area contributed by atoms with Gasteiger partial charge in [0.2, 0.25) is 0 Å². The second kappa shape index (κ2) is 2.43. The second-order valence-corrected chi connectivity index (χ2v) is 3.72. The molecule has 0 aromatic carbocycles. The Bertz CT molecular complexity index is 403. The number of alkyl halides is 7. The predicted octanol–water partition coefficient (Wildman–Crippen LogP) is 2.51. The fourth-order valence-corrected chi connectivity index (χ4v) is 1.95. The molecule has 0 spiro atoms. The maximum absolute atomic E-state index is 13.3. The van der Waals surface area contributed by atoms with E-state index in [1.165, 1.54) is 0 Å². The van der Waals surface area contributed by atoms with E-state index in [0.717, 1.165) is 0 Å². The summed E-state index contributed by atoms with van der Waals surface area (Å²) in [5.41, 5.74) is -11.7.